The van der Waals surface area contributed by atoms with Crippen LogP contribution in [0.25, 0.3) is 0 Å². The third-order valence-corrected chi connectivity index (χ3v) is 6.76. The fraction of sp³-hybridized carbons (Fsp3) is 0.636. The van der Waals surface area contributed by atoms with Crippen LogP contribution in [0.3, 0.4) is 0 Å². The molecule has 0 bridgehead atoms. The molecule has 170 valence electrons. The highest BCUT2D eigenvalue weighted by molar-refractivity contribution is 7.88. The van der Waals surface area contributed by atoms with Gasteiger partial charge in [0, 0.05) is 12.1 Å². The SMILES string of the molecule is CS(=O)(=O)N[C@H]1CCCN[C@H]1CO[C@H]1CC[C@@H](c2ccc(C#N)cc2OCC=O)CC1. The van der Waals surface area contributed by atoms with Gasteiger partial charge in [0.15, 0.2) is 6.29 Å². The van der Waals surface area contributed by atoms with E-state index in [4.69, 9.17) is 14.7 Å². The fourth-order valence-corrected chi connectivity index (χ4v) is 5.35. The lowest BCUT2D eigenvalue weighted by Crippen LogP contribution is -2.55. The van der Waals surface area contributed by atoms with E-state index in [1.54, 1.807) is 12.1 Å². The molecular weight excluding hydrogens is 418 g/mol. The maximum atomic E-state index is 11.6. The molecular formula is C22H31N3O5S. The second kappa shape index (κ2) is 11.0. The first kappa shape index (κ1) is 23.7. The Labute approximate surface area is 184 Å². The molecule has 2 atom stereocenters. The zero-order valence-corrected chi connectivity index (χ0v) is 18.7. The van der Waals surface area contributed by atoms with Gasteiger partial charge < -0.3 is 14.8 Å². The molecule has 1 saturated carbocycles. The first-order valence-corrected chi connectivity index (χ1v) is 12.7. The van der Waals surface area contributed by atoms with Crippen molar-refractivity contribution >= 4 is 16.3 Å². The summed E-state index contributed by atoms with van der Waals surface area (Å²) in [7, 11) is -3.25. The molecule has 1 heterocycles. The van der Waals surface area contributed by atoms with Gasteiger partial charge in [0.05, 0.1) is 30.6 Å². The van der Waals surface area contributed by atoms with E-state index in [-0.39, 0.29) is 24.8 Å². The van der Waals surface area contributed by atoms with Crippen molar-refractivity contribution in [2.45, 2.75) is 62.6 Å². The van der Waals surface area contributed by atoms with Crippen molar-refractivity contribution in [3.8, 4) is 11.8 Å². The Morgan fingerprint density at radius 2 is 2.03 bits per heavy atom. The van der Waals surface area contributed by atoms with Crippen LogP contribution in [0.2, 0.25) is 0 Å². The monoisotopic (exact) mass is 449 g/mol. The van der Waals surface area contributed by atoms with Gasteiger partial charge in [-0.15, -0.1) is 0 Å². The lowest BCUT2D eigenvalue weighted by atomic mass is 9.82. The van der Waals surface area contributed by atoms with Gasteiger partial charge in [-0.1, -0.05) is 6.07 Å². The van der Waals surface area contributed by atoms with Crippen LogP contribution in [-0.4, -0.2) is 58.9 Å². The standard InChI is InChI=1S/C22H31N3O5S/c1-31(27,28)25-20-3-2-10-24-21(20)15-30-18-7-5-17(6-8-18)19-9-4-16(14-23)13-22(19)29-12-11-26/h4,9,11,13,17-18,20-21,24-25H,2-3,5-8,10,12,15H2,1H3/t17-,18+,20-,21-/m0/s1. The minimum atomic E-state index is -3.25. The van der Waals surface area contributed by atoms with E-state index in [0.29, 0.717) is 30.1 Å². The summed E-state index contributed by atoms with van der Waals surface area (Å²) in [5, 5.41) is 12.5. The van der Waals surface area contributed by atoms with Crippen molar-refractivity contribution in [1.29, 1.82) is 5.26 Å². The summed E-state index contributed by atoms with van der Waals surface area (Å²) in [5.41, 5.74) is 1.55. The molecule has 0 amide bonds. The van der Waals surface area contributed by atoms with Crippen molar-refractivity contribution in [3.63, 3.8) is 0 Å². The molecule has 2 N–H and O–H groups in total. The van der Waals surface area contributed by atoms with Gasteiger partial charge in [0.1, 0.15) is 12.4 Å². The van der Waals surface area contributed by atoms with Gasteiger partial charge in [-0.3, -0.25) is 4.79 Å². The number of rotatable bonds is 9. The van der Waals surface area contributed by atoms with E-state index < -0.39 is 10.0 Å². The Kier molecular flexibility index (Phi) is 8.43. The number of carbonyl (C=O) groups is 1. The second-order valence-electron chi connectivity index (χ2n) is 8.35. The molecule has 2 fully saturated rings. The van der Waals surface area contributed by atoms with E-state index in [2.05, 4.69) is 16.1 Å². The second-order valence-corrected chi connectivity index (χ2v) is 10.1. The predicted molar refractivity (Wildman–Crippen MR) is 116 cm³/mol. The zero-order chi connectivity index (χ0) is 22.3. The number of hydrogen-bond acceptors (Lipinski definition) is 7. The molecule has 9 heteroatoms. The highest BCUT2D eigenvalue weighted by Crippen LogP contribution is 2.38. The van der Waals surface area contributed by atoms with E-state index in [1.165, 1.54) is 6.26 Å². The Balaban J connectivity index is 1.54. The summed E-state index contributed by atoms with van der Waals surface area (Å²) in [5.74, 6) is 0.901. The number of ether oxygens (including phenoxy) is 2. The Hall–Kier alpha value is -1.99. The molecule has 8 nitrogen and oxygen atoms in total. The van der Waals surface area contributed by atoms with Gasteiger partial charge in [-0.05, 0) is 68.7 Å². The van der Waals surface area contributed by atoms with Crippen LogP contribution in [0, 0.1) is 11.3 Å². The number of benzene rings is 1. The van der Waals surface area contributed by atoms with Crippen LogP contribution in [-0.2, 0) is 19.6 Å². The average molecular weight is 450 g/mol. The maximum absolute atomic E-state index is 11.6. The highest BCUT2D eigenvalue weighted by Gasteiger charge is 2.30. The van der Waals surface area contributed by atoms with Gasteiger partial charge in [-0.2, -0.15) is 5.26 Å². The third-order valence-electron chi connectivity index (χ3n) is 6.02. The molecule has 0 aromatic heterocycles. The lowest BCUT2D eigenvalue weighted by Gasteiger charge is -2.35. The number of nitriles is 1. The van der Waals surface area contributed by atoms with E-state index in [9.17, 15) is 13.2 Å². The smallest absolute Gasteiger partial charge is 0.209 e. The van der Waals surface area contributed by atoms with E-state index in [1.807, 2.05) is 6.07 Å². The van der Waals surface area contributed by atoms with Crippen LogP contribution in [0.15, 0.2) is 18.2 Å². The maximum Gasteiger partial charge on any atom is 0.209 e. The van der Waals surface area contributed by atoms with Crippen molar-refractivity contribution in [2.24, 2.45) is 0 Å². The van der Waals surface area contributed by atoms with Crippen LogP contribution < -0.4 is 14.8 Å². The minimum absolute atomic E-state index is 0.0249. The number of nitrogens with one attached hydrogen (secondary N) is 2. The largest absolute Gasteiger partial charge is 0.486 e. The van der Waals surface area contributed by atoms with Gasteiger partial charge in [0.2, 0.25) is 10.0 Å². The fourth-order valence-electron chi connectivity index (χ4n) is 4.51. The summed E-state index contributed by atoms with van der Waals surface area (Å²) in [4.78, 5) is 10.7. The van der Waals surface area contributed by atoms with Crippen molar-refractivity contribution < 1.29 is 22.7 Å². The first-order valence-electron chi connectivity index (χ1n) is 10.8. The topological polar surface area (TPSA) is 118 Å². The molecule has 1 aromatic carbocycles. The van der Waals surface area contributed by atoms with Crippen molar-refractivity contribution in [1.82, 2.24) is 10.0 Å². The van der Waals surface area contributed by atoms with Gasteiger partial charge in [-0.25, -0.2) is 13.1 Å². The molecule has 0 spiro atoms. The minimum Gasteiger partial charge on any atom is -0.486 e. The van der Waals surface area contributed by atoms with Crippen LogP contribution in [0.1, 0.15) is 55.6 Å². The van der Waals surface area contributed by atoms with Crippen LogP contribution in [0.4, 0.5) is 0 Å². The van der Waals surface area contributed by atoms with Gasteiger partial charge in [0.25, 0.3) is 0 Å². The first-order chi connectivity index (χ1) is 14.9. The number of sulfonamides is 1. The molecule has 1 saturated heterocycles. The molecule has 0 radical (unpaired) electrons. The van der Waals surface area contributed by atoms with Crippen LogP contribution in [0.5, 0.6) is 5.75 Å². The summed E-state index contributed by atoms with van der Waals surface area (Å²) in [6.45, 7) is 1.31. The quantitative estimate of drug-likeness (QED) is 0.553. The zero-order valence-electron chi connectivity index (χ0n) is 17.9. The molecule has 3 rings (SSSR count). The lowest BCUT2D eigenvalue weighted by molar-refractivity contribution is -0.109. The highest BCUT2D eigenvalue weighted by atomic mass is 32.2. The van der Waals surface area contributed by atoms with E-state index in [0.717, 1.165) is 50.6 Å². The van der Waals surface area contributed by atoms with Crippen molar-refractivity contribution in [3.05, 3.63) is 29.3 Å². The number of hydrogen-bond donors (Lipinski definition) is 2. The Morgan fingerprint density at radius 3 is 2.71 bits per heavy atom. The Bertz CT molecular complexity index is 891. The molecule has 31 heavy (non-hydrogen) atoms. The van der Waals surface area contributed by atoms with Gasteiger partial charge >= 0.3 is 0 Å². The third kappa shape index (κ3) is 7.01. The number of carbonyl (C=O) groups excluding carboxylic acids is 1. The predicted octanol–water partition coefficient (Wildman–Crippen LogP) is 1.85. The summed E-state index contributed by atoms with van der Waals surface area (Å²) in [6, 6.07) is 7.36. The van der Waals surface area contributed by atoms with E-state index >= 15 is 0 Å². The summed E-state index contributed by atoms with van der Waals surface area (Å²) in [6.07, 6.45) is 7.43. The average Bonchev–Trinajstić information content (AvgIpc) is 2.76. The molecule has 2 aliphatic rings. The number of nitrogens with zero attached hydrogens (tertiary/aromatic N) is 1. The van der Waals surface area contributed by atoms with Crippen LogP contribution >= 0.6 is 0 Å². The molecule has 0 unspecified atom stereocenters. The molecule has 1 aliphatic heterocycles. The summed E-state index contributed by atoms with van der Waals surface area (Å²) < 4.78 is 37.7. The molecule has 1 aromatic rings. The number of piperidine rings is 1. The molecule has 1 aliphatic carbocycles. The summed E-state index contributed by atoms with van der Waals surface area (Å²) >= 11 is 0. The Morgan fingerprint density at radius 1 is 1.26 bits per heavy atom. The number of aldehydes is 1. The normalized spacial score (nSPS) is 26.7. The van der Waals surface area contributed by atoms with Crippen molar-refractivity contribution in [2.75, 3.05) is 26.0 Å².